The first-order chi connectivity index (χ1) is 8.31. The highest BCUT2D eigenvalue weighted by Gasteiger charge is 2.11. The Morgan fingerprint density at radius 1 is 1.41 bits per heavy atom. The van der Waals surface area contributed by atoms with Gasteiger partial charge in [0.05, 0.1) is 0 Å². The number of benzene rings is 1. The summed E-state index contributed by atoms with van der Waals surface area (Å²) in [5.74, 6) is -0.0558. The van der Waals surface area contributed by atoms with Crippen molar-refractivity contribution in [3.8, 4) is 0 Å². The molecule has 0 aromatic heterocycles. The van der Waals surface area contributed by atoms with Gasteiger partial charge in [-0.05, 0) is 42.6 Å². The van der Waals surface area contributed by atoms with Crippen LogP contribution in [0.15, 0.2) is 18.2 Å². The largest absolute Gasteiger partial charge is 0.396 e. The minimum absolute atomic E-state index is 0.0558. The third-order valence-electron chi connectivity index (χ3n) is 2.98. The van der Waals surface area contributed by atoms with Crippen molar-refractivity contribution in [2.24, 2.45) is 0 Å². The van der Waals surface area contributed by atoms with Crippen LogP contribution in [0.3, 0.4) is 0 Å². The van der Waals surface area contributed by atoms with Crippen molar-refractivity contribution in [1.29, 1.82) is 0 Å². The molecule has 1 heterocycles. The van der Waals surface area contributed by atoms with Crippen LogP contribution in [0.5, 0.6) is 0 Å². The van der Waals surface area contributed by atoms with Gasteiger partial charge in [0.15, 0.2) is 0 Å². The highest BCUT2D eigenvalue weighted by Crippen LogP contribution is 2.15. The van der Waals surface area contributed by atoms with Crippen LogP contribution in [-0.2, 0) is 13.0 Å². The van der Waals surface area contributed by atoms with Crippen LogP contribution >= 0.6 is 0 Å². The molecule has 0 spiro atoms. The minimum Gasteiger partial charge on any atom is -0.396 e. The summed E-state index contributed by atoms with van der Waals surface area (Å²) in [5.41, 5.74) is 3.25. The zero-order valence-electron chi connectivity index (χ0n) is 9.83. The number of amides is 1. The quantitative estimate of drug-likeness (QED) is 0.663. The lowest BCUT2D eigenvalue weighted by molar-refractivity contribution is 0.0951. The van der Waals surface area contributed by atoms with E-state index in [0.29, 0.717) is 18.5 Å². The fraction of sp³-hybridized carbons (Fsp3) is 0.462. The van der Waals surface area contributed by atoms with E-state index in [0.717, 1.165) is 19.5 Å². The molecule has 0 atom stereocenters. The van der Waals surface area contributed by atoms with Gasteiger partial charge in [0.1, 0.15) is 0 Å². The SMILES string of the molecule is O=C(NCCCO)c1ccc2c(c1)CCNC2. The Bertz CT molecular complexity index is 404. The van der Waals surface area contributed by atoms with Crippen molar-refractivity contribution in [1.82, 2.24) is 10.6 Å². The fourth-order valence-corrected chi connectivity index (χ4v) is 2.00. The van der Waals surface area contributed by atoms with Crippen molar-refractivity contribution >= 4 is 5.91 Å². The maximum atomic E-state index is 11.8. The molecular formula is C13H18N2O2. The summed E-state index contributed by atoms with van der Waals surface area (Å²) in [4.78, 5) is 11.8. The number of hydrogen-bond donors (Lipinski definition) is 3. The first kappa shape index (κ1) is 12.1. The number of carbonyl (C=O) groups is 1. The second-order valence-corrected chi connectivity index (χ2v) is 4.24. The van der Waals surface area contributed by atoms with Crippen LogP contribution in [0.1, 0.15) is 27.9 Å². The Morgan fingerprint density at radius 2 is 2.29 bits per heavy atom. The van der Waals surface area contributed by atoms with E-state index < -0.39 is 0 Å². The van der Waals surface area contributed by atoms with Crippen LogP contribution in [0.2, 0.25) is 0 Å². The van der Waals surface area contributed by atoms with Crippen LogP contribution in [0, 0.1) is 0 Å². The second-order valence-electron chi connectivity index (χ2n) is 4.24. The molecule has 92 valence electrons. The predicted octanol–water partition coefficient (Wildman–Crippen LogP) is 0.444. The topological polar surface area (TPSA) is 61.4 Å². The standard InChI is InChI=1S/C13H18N2O2/c16-7-1-5-15-13(17)11-2-3-12-9-14-6-4-10(12)8-11/h2-3,8,14,16H,1,4-7,9H2,(H,15,17). The van der Waals surface area contributed by atoms with E-state index in [4.69, 9.17) is 5.11 Å². The molecule has 2 rings (SSSR count). The normalized spacial score (nSPS) is 14.2. The van der Waals surface area contributed by atoms with Crippen molar-refractivity contribution in [3.05, 3.63) is 34.9 Å². The van der Waals surface area contributed by atoms with E-state index in [2.05, 4.69) is 10.6 Å². The van der Waals surface area contributed by atoms with Gasteiger partial charge in [-0.3, -0.25) is 4.79 Å². The molecule has 1 aromatic rings. The molecule has 4 heteroatoms. The smallest absolute Gasteiger partial charge is 0.251 e. The Kier molecular flexibility index (Phi) is 4.12. The highest BCUT2D eigenvalue weighted by molar-refractivity contribution is 5.94. The van der Waals surface area contributed by atoms with E-state index in [1.165, 1.54) is 11.1 Å². The molecule has 0 saturated carbocycles. The van der Waals surface area contributed by atoms with E-state index >= 15 is 0 Å². The number of fused-ring (bicyclic) bond motifs is 1. The van der Waals surface area contributed by atoms with Crippen LogP contribution in [0.25, 0.3) is 0 Å². The van der Waals surface area contributed by atoms with Crippen LogP contribution in [0.4, 0.5) is 0 Å². The Morgan fingerprint density at radius 3 is 3.12 bits per heavy atom. The number of hydrogen-bond acceptors (Lipinski definition) is 3. The first-order valence-electron chi connectivity index (χ1n) is 6.03. The van der Waals surface area contributed by atoms with Gasteiger partial charge in [0.25, 0.3) is 5.91 Å². The molecule has 4 nitrogen and oxygen atoms in total. The van der Waals surface area contributed by atoms with E-state index in [9.17, 15) is 4.79 Å². The molecule has 0 aliphatic carbocycles. The average molecular weight is 234 g/mol. The lowest BCUT2D eigenvalue weighted by Crippen LogP contribution is -2.27. The molecule has 17 heavy (non-hydrogen) atoms. The van der Waals surface area contributed by atoms with Gasteiger partial charge in [0.2, 0.25) is 0 Å². The van der Waals surface area contributed by atoms with Gasteiger partial charge in [-0.15, -0.1) is 0 Å². The number of aliphatic hydroxyl groups is 1. The summed E-state index contributed by atoms with van der Waals surface area (Å²) in [7, 11) is 0. The maximum absolute atomic E-state index is 11.8. The van der Waals surface area contributed by atoms with Gasteiger partial charge in [0, 0.05) is 25.3 Å². The summed E-state index contributed by atoms with van der Waals surface area (Å²) in [5, 5.41) is 14.7. The van der Waals surface area contributed by atoms with Gasteiger partial charge in [-0.2, -0.15) is 0 Å². The van der Waals surface area contributed by atoms with Crippen molar-refractivity contribution in [2.75, 3.05) is 19.7 Å². The maximum Gasteiger partial charge on any atom is 0.251 e. The number of rotatable bonds is 4. The molecule has 1 aromatic carbocycles. The van der Waals surface area contributed by atoms with Crippen molar-refractivity contribution in [3.63, 3.8) is 0 Å². The van der Waals surface area contributed by atoms with Gasteiger partial charge in [-0.25, -0.2) is 0 Å². The van der Waals surface area contributed by atoms with E-state index in [1.807, 2.05) is 18.2 Å². The summed E-state index contributed by atoms with van der Waals surface area (Å²) in [6.45, 7) is 2.49. The molecule has 1 amide bonds. The third kappa shape index (κ3) is 3.05. The number of carbonyl (C=O) groups excluding carboxylic acids is 1. The minimum atomic E-state index is -0.0558. The highest BCUT2D eigenvalue weighted by atomic mass is 16.3. The summed E-state index contributed by atoms with van der Waals surface area (Å²) >= 11 is 0. The molecule has 1 aliphatic rings. The molecule has 0 bridgehead atoms. The van der Waals surface area contributed by atoms with Crippen LogP contribution in [-0.4, -0.2) is 30.7 Å². The lowest BCUT2D eigenvalue weighted by Gasteiger charge is -2.17. The van der Waals surface area contributed by atoms with Crippen LogP contribution < -0.4 is 10.6 Å². The molecule has 0 saturated heterocycles. The van der Waals surface area contributed by atoms with Crippen molar-refractivity contribution < 1.29 is 9.90 Å². The van der Waals surface area contributed by atoms with E-state index in [1.54, 1.807) is 0 Å². The zero-order chi connectivity index (χ0) is 12.1. The molecular weight excluding hydrogens is 216 g/mol. The predicted molar refractivity (Wildman–Crippen MR) is 65.9 cm³/mol. The fourth-order valence-electron chi connectivity index (χ4n) is 2.00. The number of nitrogens with one attached hydrogen (secondary N) is 2. The van der Waals surface area contributed by atoms with Gasteiger partial charge >= 0.3 is 0 Å². The summed E-state index contributed by atoms with van der Waals surface area (Å²) < 4.78 is 0. The molecule has 0 fully saturated rings. The lowest BCUT2D eigenvalue weighted by atomic mass is 9.98. The zero-order valence-corrected chi connectivity index (χ0v) is 9.83. The molecule has 0 unspecified atom stereocenters. The first-order valence-corrected chi connectivity index (χ1v) is 6.03. The summed E-state index contributed by atoms with van der Waals surface area (Å²) in [6, 6.07) is 5.85. The van der Waals surface area contributed by atoms with Gasteiger partial charge < -0.3 is 15.7 Å². The number of aliphatic hydroxyl groups excluding tert-OH is 1. The molecule has 3 N–H and O–H groups in total. The molecule has 1 aliphatic heterocycles. The van der Waals surface area contributed by atoms with Crippen molar-refractivity contribution in [2.45, 2.75) is 19.4 Å². The average Bonchev–Trinajstić information content (AvgIpc) is 2.38. The Hall–Kier alpha value is -1.39. The second kappa shape index (κ2) is 5.80. The molecule has 0 radical (unpaired) electrons. The Balaban J connectivity index is 2.03. The van der Waals surface area contributed by atoms with E-state index in [-0.39, 0.29) is 12.5 Å². The third-order valence-corrected chi connectivity index (χ3v) is 2.98. The summed E-state index contributed by atoms with van der Waals surface area (Å²) in [6.07, 6.45) is 1.58. The van der Waals surface area contributed by atoms with Gasteiger partial charge in [-0.1, -0.05) is 6.07 Å². The monoisotopic (exact) mass is 234 g/mol. The Labute approximate surface area is 101 Å².